The van der Waals surface area contributed by atoms with E-state index in [-0.39, 0.29) is 17.4 Å². The molecule has 1 aliphatic heterocycles. The Kier molecular flexibility index (Phi) is 5.59. The van der Waals surface area contributed by atoms with Gasteiger partial charge in [0.05, 0.1) is 5.69 Å². The van der Waals surface area contributed by atoms with Gasteiger partial charge >= 0.3 is 0 Å². The zero-order valence-electron chi connectivity index (χ0n) is 16.4. The van der Waals surface area contributed by atoms with Gasteiger partial charge in [0.2, 0.25) is 5.95 Å². The minimum Gasteiger partial charge on any atom is -0.384 e. The summed E-state index contributed by atoms with van der Waals surface area (Å²) in [6, 6.07) is 10.4. The lowest BCUT2D eigenvalue weighted by Crippen LogP contribution is -2.48. The molecule has 2 N–H and O–H groups in total. The number of aryl methyl sites for hydroxylation is 1. The van der Waals surface area contributed by atoms with Crippen molar-refractivity contribution in [3.8, 4) is 11.3 Å². The summed E-state index contributed by atoms with van der Waals surface area (Å²) in [5.74, 6) is 0.859. The molecule has 0 amide bonds. The summed E-state index contributed by atoms with van der Waals surface area (Å²) in [5, 5.41) is 6.90. The molecule has 1 aliphatic rings. The van der Waals surface area contributed by atoms with Crippen LogP contribution in [0.2, 0.25) is 0 Å². The highest BCUT2D eigenvalue weighted by atomic mass is 16.1. The minimum absolute atomic E-state index is 0.0142. The molecule has 0 saturated carbocycles. The van der Waals surface area contributed by atoms with Crippen molar-refractivity contribution in [2.24, 2.45) is 0 Å². The van der Waals surface area contributed by atoms with Crippen molar-refractivity contribution in [2.45, 2.75) is 58.0 Å². The van der Waals surface area contributed by atoms with E-state index in [1.807, 2.05) is 6.07 Å². The van der Waals surface area contributed by atoms with Crippen LogP contribution in [0.4, 0.5) is 5.95 Å². The van der Waals surface area contributed by atoms with E-state index in [9.17, 15) is 4.79 Å². The van der Waals surface area contributed by atoms with Crippen LogP contribution in [-0.2, 0) is 11.2 Å². The molecule has 1 aromatic heterocycles. The van der Waals surface area contributed by atoms with Crippen LogP contribution in [0.15, 0.2) is 48.8 Å². The third-order valence-corrected chi connectivity index (χ3v) is 4.77. The second-order valence-corrected chi connectivity index (χ2v) is 8.03. The van der Waals surface area contributed by atoms with Gasteiger partial charge < -0.3 is 15.4 Å². The number of piperidine rings is 1. The second-order valence-electron chi connectivity index (χ2n) is 8.03. The predicted octanol–water partition coefficient (Wildman–Crippen LogP) is 4.12. The Morgan fingerprint density at radius 2 is 2.04 bits per heavy atom. The van der Waals surface area contributed by atoms with E-state index < -0.39 is 0 Å². The number of nitrogens with zero attached hydrogens (tertiary/aromatic N) is 2. The Morgan fingerprint density at radius 3 is 2.70 bits per heavy atom. The maximum absolute atomic E-state index is 11.1. The molecule has 1 unspecified atom stereocenters. The molecule has 1 saturated heterocycles. The van der Waals surface area contributed by atoms with Crippen molar-refractivity contribution in [3.63, 3.8) is 0 Å². The molecule has 5 heteroatoms. The van der Waals surface area contributed by atoms with Gasteiger partial charge in [-0.15, -0.1) is 0 Å². The van der Waals surface area contributed by atoms with Gasteiger partial charge in [0.1, 0.15) is 5.78 Å². The summed E-state index contributed by atoms with van der Waals surface area (Å²) in [7, 11) is 0. The molecule has 1 aromatic carbocycles. The van der Waals surface area contributed by atoms with Crippen LogP contribution in [0.1, 0.15) is 45.6 Å². The highest BCUT2D eigenvalue weighted by molar-refractivity contribution is 5.75. The fourth-order valence-corrected chi connectivity index (χ4v) is 3.60. The van der Waals surface area contributed by atoms with E-state index >= 15 is 0 Å². The largest absolute Gasteiger partial charge is 0.384 e. The van der Waals surface area contributed by atoms with Crippen LogP contribution in [0, 0.1) is 0 Å². The maximum Gasteiger partial charge on any atom is 0.223 e. The number of carbonyl (C=O) groups is 1. The van der Waals surface area contributed by atoms with Crippen LogP contribution < -0.4 is 10.6 Å². The summed E-state index contributed by atoms with van der Waals surface area (Å²) in [4.78, 5) is 20.2. The van der Waals surface area contributed by atoms with Crippen LogP contribution in [0.3, 0.4) is 0 Å². The third-order valence-electron chi connectivity index (χ3n) is 4.77. The average Bonchev–Trinajstić information content (AvgIpc) is 2.59. The van der Waals surface area contributed by atoms with E-state index in [0.717, 1.165) is 41.8 Å². The quantitative estimate of drug-likeness (QED) is 0.807. The van der Waals surface area contributed by atoms with Crippen molar-refractivity contribution in [2.75, 3.05) is 5.32 Å². The highest BCUT2D eigenvalue weighted by Crippen LogP contribution is 2.26. The zero-order chi connectivity index (χ0) is 19.4. The van der Waals surface area contributed by atoms with E-state index in [1.165, 1.54) is 0 Å². The number of hydrogen-bond acceptors (Lipinski definition) is 5. The van der Waals surface area contributed by atoms with E-state index in [0.29, 0.717) is 12.4 Å². The molecule has 1 atom stereocenters. The lowest BCUT2D eigenvalue weighted by molar-refractivity contribution is -0.116. The molecule has 1 fully saturated rings. The Bertz CT molecular complexity index is 826. The van der Waals surface area contributed by atoms with Crippen molar-refractivity contribution < 1.29 is 4.79 Å². The van der Waals surface area contributed by atoms with Crippen molar-refractivity contribution in [1.82, 2.24) is 15.3 Å². The molecule has 2 aromatic rings. The van der Waals surface area contributed by atoms with Gasteiger partial charge in [-0.1, -0.05) is 30.8 Å². The summed E-state index contributed by atoms with van der Waals surface area (Å²) < 4.78 is 0. The first-order chi connectivity index (χ1) is 12.8. The van der Waals surface area contributed by atoms with E-state index in [4.69, 9.17) is 0 Å². The molecule has 3 rings (SSSR count). The number of hydrogen-bond donors (Lipinski definition) is 2. The molecular weight excluding hydrogens is 336 g/mol. The predicted molar refractivity (Wildman–Crippen MR) is 109 cm³/mol. The van der Waals surface area contributed by atoms with E-state index in [2.05, 4.69) is 65.3 Å². The molecule has 142 valence electrons. The van der Waals surface area contributed by atoms with Crippen molar-refractivity contribution >= 4 is 11.7 Å². The monoisotopic (exact) mass is 364 g/mol. The Labute approximate surface area is 161 Å². The van der Waals surface area contributed by atoms with Crippen molar-refractivity contribution in [3.05, 3.63) is 54.4 Å². The lowest BCUT2D eigenvalue weighted by atomic mass is 9.88. The molecule has 2 heterocycles. The Balaban J connectivity index is 1.70. The molecule has 0 radical (unpaired) electrons. The number of nitrogens with one attached hydrogen (secondary N) is 2. The number of carbonyl (C=O) groups excluding carboxylic acids is 1. The first kappa shape index (κ1) is 19.1. The fraction of sp³-hybridized carbons (Fsp3) is 0.409. The topological polar surface area (TPSA) is 66.9 Å². The van der Waals surface area contributed by atoms with Gasteiger partial charge in [-0.3, -0.25) is 0 Å². The number of ketones is 1. The number of Topliss-reactive ketones (excluding diaryl/α,β-unsaturated/α-hetero) is 1. The summed E-state index contributed by atoms with van der Waals surface area (Å²) >= 11 is 0. The van der Waals surface area contributed by atoms with Gasteiger partial charge in [0.15, 0.2) is 0 Å². The third kappa shape index (κ3) is 5.39. The van der Waals surface area contributed by atoms with Gasteiger partial charge in [-0.05, 0) is 45.2 Å². The van der Waals surface area contributed by atoms with Crippen molar-refractivity contribution in [1.29, 1.82) is 0 Å². The second kappa shape index (κ2) is 7.91. The van der Waals surface area contributed by atoms with Crippen LogP contribution in [0.25, 0.3) is 11.3 Å². The fourth-order valence-electron chi connectivity index (χ4n) is 3.60. The van der Waals surface area contributed by atoms with Gasteiger partial charge in [-0.2, -0.15) is 0 Å². The van der Waals surface area contributed by atoms with Gasteiger partial charge in [0.25, 0.3) is 0 Å². The number of anilines is 1. The summed E-state index contributed by atoms with van der Waals surface area (Å²) in [6.07, 6.45) is 4.99. The van der Waals surface area contributed by atoms with Crippen LogP contribution in [-0.4, -0.2) is 27.3 Å². The molecule has 0 aliphatic carbocycles. The Morgan fingerprint density at radius 1 is 1.30 bits per heavy atom. The number of rotatable bonds is 6. The highest BCUT2D eigenvalue weighted by Gasteiger charge is 2.29. The lowest BCUT2D eigenvalue weighted by Gasteiger charge is -2.38. The molecular formula is C22H28N4O. The summed E-state index contributed by atoms with van der Waals surface area (Å²) in [6.45, 7) is 10.1. The molecule has 0 spiro atoms. The number of benzene rings is 1. The molecule has 27 heavy (non-hydrogen) atoms. The zero-order valence-corrected chi connectivity index (χ0v) is 16.4. The number of aromatic nitrogens is 2. The Hall–Kier alpha value is -2.69. The first-order valence-electron chi connectivity index (χ1n) is 9.45. The van der Waals surface area contributed by atoms with Crippen LogP contribution >= 0.6 is 0 Å². The smallest absolute Gasteiger partial charge is 0.223 e. The van der Waals surface area contributed by atoms with Gasteiger partial charge in [-0.25, -0.2) is 9.97 Å². The molecule has 0 bridgehead atoms. The maximum atomic E-state index is 11.1. The average molecular weight is 364 g/mol. The first-order valence-corrected chi connectivity index (χ1v) is 9.45. The normalized spacial score (nSPS) is 18.6. The molecule has 5 nitrogen and oxygen atoms in total. The van der Waals surface area contributed by atoms with Gasteiger partial charge in [0, 0.05) is 41.9 Å². The van der Waals surface area contributed by atoms with E-state index in [1.54, 1.807) is 13.1 Å². The van der Waals surface area contributed by atoms with Crippen LogP contribution in [0.5, 0.6) is 0 Å². The standard InChI is InChI=1S/C22H28N4O/c1-15-13-19(14-22(3,4)26-15)24-21-23-12-11-20(25-21)18-9-7-17(8-10-18)6-5-16(2)27/h7-12,19,26H,1,5-6,13-14H2,2-4H3,(H,23,24,25). The minimum atomic E-state index is 0.0142. The summed E-state index contributed by atoms with van der Waals surface area (Å²) in [5.41, 5.74) is 4.15. The SMILES string of the molecule is C=C1CC(Nc2nccc(-c3ccc(CCC(C)=O)cc3)n2)CC(C)(C)N1.